The van der Waals surface area contributed by atoms with Crippen molar-refractivity contribution in [3.63, 3.8) is 0 Å². The first-order chi connectivity index (χ1) is 10.7. The maximum Gasteiger partial charge on any atom is 0.147 e. The van der Waals surface area contributed by atoms with E-state index in [0.717, 1.165) is 22.5 Å². The maximum absolute atomic E-state index is 6.01. The van der Waals surface area contributed by atoms with Gasteiger partial charge in [-0.15, -0.1) is 0 Å². The van der Waals surface area contributed by atoms with E-state index in [9.17, 15) is 0 Å². The summed E-state index contributed by atoms with van der Waals surface area (Å²) in [5.41, 5.74) is 10.1. The number of rotatable bonds is 5. The van der Waals surface area contributed by atoms with E-state index in [1.807, 2.05) is 55.3 Å². The Balaban J connectivity index is 2.48. The molecule has 0 aliphatic rings. The molecule has 0 saturated heterocycles. The number of aromatic nitrogens is 1. The smallest absolute Gasteiger partial charge is 0.147 e. The normalized spacial score (nSPS) is 12.1. The summed E-state index contributed by atoms with van der Waals surface area (Å²) in [6.45, 7) is 5.85. The van der Waals surface area contributed by atoms with Crippen LogP contribution in [0, 0.1) is 0 Å². The molecule has 3 heteroatoms. The molecule has 0 aliphatic heterocycles. The fourth-order valence-electron chi connectivity index (χ4n) is 2.42. The third-order valence-electron chi connectivity index (χ3n) is 3.46. The van der Waals surface area contributed by atoms with Gasteiger partial charge in [0, 0.05) is 24.5 Å². The Morgan fingerprint density at radius 1 is 1.18 bits per heavy atom. The molecule has 1 aromatic carbocycles. The van der Waals surface area contributed by atoms with Crippen LogP contribution in [0.2, 0.25) is 0 Å². The summed E-state index contributed by atoms with van der Waals surface area (Å²) >= 11 is 0. The fraction of sp³-hybridized carbons (Fsp3) is 0.105. The van der Waals surface area contributed by atoms with Gasteiger partial charge in [-0.1, -0.05) is 55.1 Å². The molecule has 0 aliphatic carbocycles. The molecule has 2 rings (SSSR count). The maximum atomic E-state index is 6.01. The number of benzene rings is 1. The van der Waals surface area contributed by atoms with Crippen molar-refractivity contribution in [2.24, 2.45) is 0 Å². The average molecular weight is 291 g/mol. The summed E-state index contributed by atoms with van der Waals surface area (Å²) in [6, 6.07) is 14.1. The topological polar surface area (TPSA) is 42.2 Å². The van der Waals surface area contributed by atoms with Gasteiger partial charge in [0.25, 0.3) is 0 Å². The molecule has 3 nitrogen and oxygen atoms in total. The lowest BCUT2D eigenvalue weighted by Gasteiger charge is -2.25. The van der Waals surface area contributed by atoms with Gasteiger partial charge in [0.1, 0.15) is 5.82 Å². The molecule has 112 valence electrons. The summed E-state index contributed by atoms with van der Waals surface area (Å²) in [6.07, 6.45) is 7.56. The Labute approximate surface area is 132 Å². The van der Waals surface area contributed by atoms with Gasteiger partial charge < -0.3 is 10.6 Å². The zero-order valence-corrected chi connectivity index (χ0v) is 13.0. The molecule has 22 heavy (non-hydrogen) atoms. The van der Waals surface area contributed by atoms with Crippen molar-refractivity contribution < 1.29 is 0 Å². The molecule has 0 amide bonds. The van der Waals surface area contributed by atoms with Crippen LogP contribution < -0.4 is 10.6 Å². The van der Waals surface area contributed by atoms with Crippen LogP contribution in [-0.2, 0) is 0 Å². The highest BCUT2D eigenvalue weighted by Gasteiger charge is 2.15. The molecule has 0 unspecified atom stereocenters. The van der Waals surface area contributed by atoms with E-state index in [1.165, 1.54) is 0 Å². The second kappa shape index (κ2) is 7.27. The van der Waals surface area contributed by atoms with E-state index in [1.54, 1.807) is 12.3 Å². The first-order valence-corrected chi connectivity index (χ1v) is 7.18. The highest BCUT2D eigenvalue weighted by Crippen LogP contribution is 2.31. The van der Waals surface area contributed by atoms with E-state index in [4.69, 9.17) is 5.73 Å². The number of pyridine rings is 1. The number of hydrogen-bond acceptors (Lipinski definition) is 3. The minimum atomic E-state index is 0.510. The largest absolute Gasteiger partial charge is 0.382 e. The Morgan fingerprint density at radius 3 is 2.50 bits per heavy atom. The van der Waals surface area contributed by atoms with E-state index in [0.29, 0.717) is 5.82 Å². The van der Waals surface area contributed by atoms with Crippen molar-refractivity contribution in [1.82, 2.24) is 4.98 Å². The van der Waals surface area contributed by atoms with Crippen molar-refractivity contribution in [3.8, 4) is 0 Å². The molecule has 0 radical (unpaired) electrons. The molecular formula is C19H21N3. The molecular weight excluding hydrogens is 270 g/mol. The first kappa shape index (κ1) is 15.6. The molecule has 0 spiro atoms. The number of nitrogens with two attached hydrogens (primary N) is 1. The predicted octanol–water partition coefficient (Wildman–Crippen LogP) is 4.27. The van der Waals surface area contributed by atoms with Crippen molar-refractivity contribution in [2.75, 3.05) is 17.7 Å². The summed E-state index contributed by atoms with van der Waals surface area (Å²) < 4.78 is 0. The van der Waals surface area contributed by atoms with Crippen LogP contribution in [0.25, 0.3) is 5.57 Å². The van der Waals surface area contributed by atoms with Gasteiger partial charge in [0.2, 0.25) is 0 Å². The third-order valence-corrected chi connectivity index (χ3v) is 3.46. The fourth-order valence-corrected chi connectivity index (χ4v) is 2.42. The van der Waals surface area contributed by atoms with Crippen LogP contribution in [0.5, 0.6) is 0 Å². The van der Waals surface area contributed by atoms with Crippen LogP contribution in [-0.4, -0.2) is 12.0 Å². The van der Waals surface area contributed by atoms with Gasteiger partial charge in [-0.3, -0.25) is 0 Å². The molecule has 2 aromatic rings. The molecule has 0 fully saturated rings. The minimum absolute atomic E-state index is 0.510. The van der Waals surface area contributed by atoms with Gasteiger partial charge in [-0.05, 0) is 24.6 Å². The molecule has 1 heterocycles. The van der Waals surface area contributed by atoms with Gasteiger partial charge in [0.15, 0.2) is 0 Å². The zero-order valence-electron chi connectivity index (χ0n) is 13.0. The Hall–Kier alpha value is -2.81. The summed E-state index contributed by atoms with van der Waals surface area (Å²) in [7, 11) is 1.99. The van der Waals surface area contributed by atoms with Crippen LogP contribution in [0.3, 0.4) is 0 Å². The number of nitrogen functional groups attached to an aromatic ring is 1. The third kappa shape index (κ3) is 3.26. The average Bonchev–Trinajstić information content (AvgIpc) is 2.56. The number of hydrogen-bond donors (Lipinski definition) is 1. The van der Waals surface area contributed by atoms with Crippen LogP contribution >= 0.6 is 0 Å². The lowest BCUT2D eigenvalue weighted by atomic mass is 10.0. The molecule has 2 N–H and O–H groups in total. The monoisotopic (exact) mass is 291 g/mol. The molecule has 0 bridgehead atoms. The lowest BCUT2D eigenvalue weighted by molar-refractivity contribution is 1.12. The molecule has 0 saturated carbocycles. The van der Waals surface area contributed by atoms with E-state index < -0.39 is 0 Å². The highest BCUT2D eigenvalue weighted by atomic mass is 15.1. The summed E-state index contributed by atoms with van der Waals surface area (Å²) in [5.74, 6) is 0.510. The number of anilines is 2. The summed E-state index contributed by atoms with van der Waals surface area (Å²) in [5, 5.41) is 0. The lowest BCUT2D eigenvalue weighted by Crippen LogP contribution is -2.19. The van der Waals surface area contributed by atoms with Crippen molar-refractivity contribution in [2.45, 2.75) is 6.92 Å². The van der Waals surface area contributed by atoms with Crippen LogP contribution in [0.4, 0.5) is 11.5 Å². The Bertz CT molecular complexity index is 700. The number of likely N-dealkylation sites (N-methyl/N-ethyl adjacent to an activating group) is 1. The van der Waals surface area contributed by atoms with E-state index in [2.05, 4.69) is 29.8 Å². The molecule has 0 atom stereocenters. The van der Waals surface area contributed by atoms with Gasteiger partial charge in [-0.2, -0.15) is 0 Å². The quantitative estimate of drug-likeness (QED) is 0.836. The second-order valence-electron chi connectivity index (χ2n) is 4.82. The highest BCUT2D eigenvalue weighted by molar-refractivity contribution is 5.85. The van der Waals surface area contributed by atoms with Crippen molar-refractivity contribution in [1.29, 1.82) is 0 Å². The van der Waals surface area contributed by atoms with Crippen molar-refractivity contribution in [3.05, 3.63) is 84.7 Å². The van der Waals surface area contributed by atoms with Crippen LogP contribution in [0.1, 0.15) is 12.5 Å². The van der Waals surface area contributed by atoms with Gasteiger partial charge >= 0.3 is 0 Å². The zero-order chi connectivity index (χ0) is 15.9. The summed E-state index contributed by atoms with van der Waals surface area (Å²) in [4.78, 5) is 6.21. The Morgan fingerprint density at radius 2 is 1.91 bits per heavy atom. The van der Waals surface area contributed by atoms with Gasteiger partial charge in [-0.25, -0.2) is 4.98 Å². The first-order valence-electron chi connectivity index (χ1n) is 7.18. The second-order valence-corrected chi connectivity index (χ2v) is 4.82. The number of allylic oxidation sites excluding steroid dienone is 4. The van der Waals surface area contributed by atoms with Crippen molar-refractivity contribution >= 4 is 17.1 Å². The Kier molecular flexibility index (Phi) is 5.15. The standard InChI is InChI=1S/C19H21N3/c1-4-10-16(15-11-7-6-8-12-15)17(5-2)22(3)18-13-9-14-21-19(18)20/h4-14H,1H2,2-3H3,(H2,20,21)/b16-10-,17-5+. The van der Waals surface area contributed by atoms with Crippen LogP contribution in [0.15, 0.2) is 79.2 Å². The SMILES string of the molecule is C=C/C=C(\C(=C/C)N(C)c1cccnc1N)c1ccccc1. The van der Waals surface area contributed by atoms with Gasteiger partial charge in [0.05, 0.1) is 5.69 Å². The van der Waals surface area contributed by atoms with E-state index in [-0.39, 0.29) is 0 Å². The van der Waals surface area contributed by atoms with E-state index >= 15 is 0 Å². The molecule has 1 aromatic heterocycles. The minimum Gasteiger partial charge on any atom is -0.382 e. The predicted molar refractivity (Wildman–Crippen MR) is 95.4 cm³/mol. The number of nitrogens with zero attached hydrogens (tertiary/aromatic N) is 2.